The monoisotopic (exact) mass is 482 g/mol. The third kappa shape index (κ3) is 4.86. The fourth-order valence-electron chi connectivity index (χ4n) is 4.37. The molecule has 2 unspecified atom stereocenters. The lowest BCUT2D eigenvalue weighted by molar-refractivity contribution is -0.138. The van der Waals surface area contributed by atoms with Gasteiger partial charge in [0, 0.05) is 5.56 Å². The summed E-state index contributed by atoms with van der Waals surface area (Å²) in [6.07, 6.45) is -0.290. The summed E-state index contributed by atoms with van der Waals surface area (Å²) in [5.41, 5.74) is 5.79. The van der Waals surface area contributed by atoms with E-state index in [4.69, 9.17) is 14.4 Å². The lowest BCUT2D eigenvalue weighted by Gasteiger charge is -2.14. The normalized spacial score (nSPS) is 17.3. The van der Waals surface area contributed by atoms with Crippen molar-refractivity contribution in [1.29, 1.82) is 0 Å². The fourth-order valence-corrected chi connectivity index (χ4v) is 4.37. The van der Waals surface area contributed by atoms with E-state index in [0.29, 0.717) is 23.6 Å². The number of benzene rings is 3. The first-order valence-corrected chi connectivity index (χ1v) is 11.8. The van der Waals surface area contributed by atoms with Gasteiger partial charge in [-0.05, 0) is 48.4 Å². The molecule has 0 radical (unpaired) electrons. The summed E-state index contributed by atoms with van der Waals surface area (Å²) in [6, 6.07) is 25.3. The average Bonchev–Trinajstić information content (AvgIpc) is 3.63. The van der Waals surface area contributed by atoms with Crippen molar-refractivity contribution < 1.29 is 24.0 Å². The minimum atomic E-state index is -0.727. The smallest absolute Gasteiger partial charge is 0.412 e. The Morgan fingerprint density at radius 3 is 2.19 bits per heavy atom. The van der Waals surface area contributed by atoms with Crippen molar-refractivity contribution in [3.63, 3.8) is 0 Å². The van der Waals surface area contributed by atoms with Gasteiger partial charge in [0.25, 0.3) is 0 Å². The van der Waals surface area contributed by atoms with Crippen molar-refractivity contribution >= 4 is 17.7 Å². The van der Waals surface area contributed by atoms with Gasteiger partial charge in [-0.25, -0.2) is 4.79 Å². The van der Waals surface area contributed by atoms with E-state index in [2.05, 4.69) is 10.5 Å². The number of aryl methyl sites for hydroxylation is 1. The van der Waals surface area contributed by atoms with E-state index in [9.17, 15) is 9.59 Å². The number of carbonyl (C=O) groups is 2. The second-order valence-electron chi connectivity index (χ2n) is 9.04. The number of hydrogen-bond acceptors (Lipinski definition) is 5. The summed E-state index contributed by atoms with van der Waals surface area (Å²) < 4.78 is 11.1. The Bertz CT molecular complexity index is 1380. The third-order valence-corrected chi connectivity index (χ3v) is 6.57. The van der Waals surface area contributed by atoms with Gasteiger partial charge < -0.3 is 14.4 Å². The van der Waals surface area contributed by atoms with Crippen LogP contribution in [0.1, 0.15) is 42.2 Å². The number of carboxylic acids is 1. The van der Waals surface area contributed by atoms with Gasteiger partial charge in [-0.15, -0.1) is 0 Å². The Hall–Kier alpha value is -4.39. The van der Waals surface area contributed by atoms with Crippen LogP contribution >= 0.6 is 0 Å². The standard InChI is InChI=1S/C29H26N2O5/c1-17-26(30-29(34)35-18(2)19-6-4-3-5-7-19)27(36-31-17)23-14-10-21(11-15-23)20-8-12-22(13-9-20)24-16-25(24)28(32)33/h3-15,18,24-25H,16H2,1-2H3,(H,30,34)(H,32,33)/t18-,24?,25?/m1/s1. The second kappa shape index (κ2) is 9.70. The molecule has 3 atom stereocenters. The maximum atomic E-state index is 12.6. The molecule has 1 fully saturated rings. The van der Waals surface area contributed by atoms with Crippen LogP contribution in [0.2, 0.25) is 0 Å². The predicted octanol–water partition coefficient (Wildman–Crippen LogP) is 6.81. The molecule has 1 aromatic heterocycles. The molecule has 36 heavy (non-hydrogen) atoms. The minimum Gasteiger partial charge on any atom is -0.481 e. The van der Waals surface area contributed by atoms with Crippen molar-refractivity contribution in [3.8, 4) is 22.5 Å². The molecule has 1 amide bonds. The Labute approximate surface area is 208 Å². The van der Waals surface area contributed by atoms with E-state index in [1.54, 1.807) is 6.92 Å². The van der Waals surface area contributed by atoms with E-state index in [1.165, 1.54) is 0 Å². The number of hydrogen-bond donors (Lipinski definition) is 2. The lowest BCUT2D eigenvalue weighted by Crippen LogP contribution is -2.16. The molecule has 7 heteroatoms. The van der Waals surface area contributed by atoms with Crippen LogP contribution in [-0.4, -0.2) is 22.3 Å². The lowest BCUT2D eigenvalue weighted by atomic mass is 10.00. The highest BCUT2D eigenvalue weighted by Gasteiger charge is 2.44. The number of nitrogens with one attached hydrogen (secondary N) is 1. The number of amides is 1. The van der Waals surface area contributed by atoms with Crippen LogP contribution in [0.4, 0.5) is 10.5 Å². The van der Waals surface area contributed by atoms with Gasteiger partial charge in [0.2, 0.25) is 0 Å². The SMILES string of the molecule is Cc1noc(-c2ccc(-c3ccc(C4CC4C(=O)O)cc3)cc2)c1NC(=O)O[C@H](C)c1ccccc1. The summed E-state index contributed by atoms with van der Waals surface area (Å²) in [4.78, 5) is 23.7. The second-order valence-corrected chi connectivity index (χ2v) is 9.04. The molecule has 2 N–H and O–H groups in total. The van der Waals surface area contributed by atoms with Crippen LogP contribution in [0, 0.1) is 12.8 Å². The van der Waals surface area contributed by atoms with Crippen molar-refractivity contribution in [3.05, 3.63) is 95.7 Å². The first kappa shape index (κ1) is 23.4. The third-order valence-electron chi connectivity index (χ3n) is 6.57. The average molecular weight is 483 g/mol. The molecular formula is C29H26N2O5. The Kier molecular flexibility index (Phi) is 6.29. The van der Waals surface area contributed by atoms with Gasteiger partial charge in [-0.1, -0.05) is 84.0 Å². The van der Waals surface area contributed by atoms with Crippen LogP contribution in [-0.2, 0) is 9.53 Å². The van der Waals surface area contributed by atoms with Gasteiger partial charge in [0.1, 0.15) is 17.5 Å². The number of rotatable bonds is 7. The molecule has 7 nitrogen and oxygen atoms in total. The molecule has 0 saturated heterocycles. The molecular weight excluding hydrogens is 456 g/mol. The first-order valence-electron chi connectivity index (χ1n) is 11.8. The number of carbonyl (C=O) groups excluding carboxylic acids is 1. The molecule has 182 valence electrons. The van der Waals surface area contributed by atoms with Gasteiger partial charge in [-0.3, -0.25) is 10.1 Å². The molecule has 1 saturated carbocycles. The number of ether oxygens (including phenoxy) is 1. The highest BCUT2D eigenvalue weighted by atomic mass is 16.6. The Balaban J connectivity index is 1.28. The van der Waals surface area contributed by atoms with Crippen LogP contribution in [0.25, 0.3) is 22.5 Å². The molecule has 5 rings (SSSR count). The highest BCUT2D eigenvalue weighted by molar-refractivity contribution is 5.91. The summed E-state index contributed by atoms with van der Waals surface area (Å²) in [5, 5.41) is 16.0. The van der Waals surface area contributed by atoms with Crippen LogP contribution < -0.4 is 5.32 Å². The number of nitrogens with zero attached hydrogens (tertiary/aromatic N) is 1. The zero-order valence-corrected chi connectivity index (χ0v) is 20.0. The van der Waals surface area contributed by atoms with Crippen molar-refractivity contribution in [2.24, 2.45) is 5.92 Å². The van der Waals surface area contributed by atoms with E-state index < -0.39 is 18.2 Å². The van der Waals surface area contributed by atoms with Gasteiger partial charge in [0.15, 0.2) is 5.76 Å². The van der Waals surface area contributed by atoms with E-state index in [1.807, 2.05) is 85.8 Å². The molecule has 1 aliphatic rings. The first-order chi connectivity index (χ1) is 17.4. The fraction of sp³-hybridized carbons (Fsp3) is 0.207. The minimum absolute atomic E-state index is 0.113. The molecule has 4 aromatic rings. The largest absolute Gasteiger partial charge is 0.481 e. The summed E-state index contributed by atoms with van der Waals surface area (Å²) in [5.74, 6) is -0.425. The van der Waals surface area contributed by atoms with Crippen LogP contribution in [0.5, 0.6) is 0 Å². The molecule has 1 heterocycles. The number of anilines is 1. The van der Waals surface area contributed by atoms with Gasteiger partial charge in [0.05, 0.1) is 5.92 Å². The maximum absolute atomic E-state index is 12.6. The van der Waals surface area contributed by atoms with E-state index in [-0.39, 0.29) is 11.8 Å². The molecule has 3 aromatic carbocycles. The van der Waals surface area contributed by atoms with Crippen LogP contribution in [0.15, 0.2) is 83.4 Å². The topological polar surface area (TPSA) is 102 Å². The number of aromatic nitrogens is 1. The highest BCUT2D eigenvalue weighted by Crippen LogP contribution is 2.47. The molecule has 0 spiro atoms. The van der Waals surface area contributed by atoms with Crippen molar-refractivity contribution in [1.82, 2.24) is 5.16 Å². The van der Waals surface area contributed by atoms with Crippen molar-refractivity contribution in [2.45, 2.75) is 32.3 Å². The summed E-state index contributed by atoms with van der Waals surface area (Å²) >= 11 is 0. The van der Waals surface area contributed by atoms with Crippen molar-refractivity contribution in [2.75, 3.05) is 5.32 Å². The number of aliphatic carboxylic acids is 1. The zero-order chi connectivity index (χ0) is 25.2. The molecule has 0 bridgehead atoms. The zero-order valence-electron chi connectivity index (χ0n) is 20.0. The molecule has 0 aliphatic heterocycles. The van der Waals surface area contributed by atoms with Crippen LogP contribution in [0.3, 0.4) is 0 Å². The predicted molar refractivity (Wildman–Crippen MR) is 136 cm³/mol. The maximum Gasteiger partial charge on any atom is 0.412 e. The quantitative estimate of drug-likeness (QED) is 0.300. The van der Waals surface area contributed by atoms with E-state index in [0.717, 1.165) is 27.8 Å². The molecule has 1 aliphatic carbocycles. The number of carboxylic acid groups (broad SMARTS) is 1. The summed E-state index contributed by atoms with van der Waals surface area (Å²) in [7, 11) is 0. The van der Waals surface area contributed by atoms with Gasteiger partial charge in [-0.2, -0.15) is 0 Å². The van der Waals surface area contributed by atoms with E-state index >= 15 is 0 Å². The Morgan fingerprint density at radius 1 is 0.972 bits per heavy atom. The summed E-state index contributed by atoms with van der Waals surface area (Å²) in [6.45, 7) is 3.57. The Morgan fingerprint density at radius 2 is 1.58 bits per heavy atom. The van der Waals surface area contributed by atoms with Gasteiger partial charge >= 0.3 is 12.1 Å².